The fraction of sp³-hybridized carbons (Fsp3) is 0.667. The zero-order valence-corrected chi connectivity index (χ0v) is 6.29. The Balaban J connectivity index is 4.06. The van der Waals surface area contributed by atoms with Crippen LogP contribution in [0.15, 0.2) is 0 Å². The van der Waals surface area contributed by atoms with Crippen LogP contribution in [0.1, 0.15) is 6.92 Å². The lowest BCUT2D eigenvalue weighted by Crippen LogP contribution is -2.28. The van der Waals surface area contributed by atoms with Gasteiger partial charge in [-0.1, -0.05) is 0 Å². The van der Waals surface area contributed by atoms with Crippen LogP contribution < -0.4 is 4.72 Å². The van der Waals surface area contributed by atoms with E-state index in [4.69, 9.17) is 11.6 Å². The number of amides is 1. The third-order valence-electron chi connectivity index (χ3n) is 0.443. The predicted molar refractivity (Wildman–Crippen MR) is 33.5 cm³/mol. The first-order valence-electron chi connectivity index (χ1n) is 2.05. The van der Waals surface area contributed by atoms with Gasteiger partial charge in [-0.25, -0.2) is 8.42 Å². The largest absolute Gasteiger partial charge is 0.274 e. The number of rotatable bonds is 2. The molecule has 6 heteroatoms. The molecule has 0 spiro atoms. The second kappa shape index (κ2) is 3.03. The van der Waals surface area contributed by atoms with Crippen LogP contribution in [0.2, 0.25) is 0 Å². The molecule has 0 aliphatic heterocycles. The van der Waals surface area contributed by atoms with Crippen molar-refractivity contribution < 1.29 is 13.2 Å². The molecule has 0 aliphatic carbocycles. The van der Waals surface area contributed by atoms with Gasteiger partial charge in [-0.15, -0.1) is 11.6 Å². The Morgan fingerprint density at radius 3 is 2.22 bits per heavy atom. The van der Waals surface area contributed by atoms with E-state index in [-0.39, 0.29) is 0 Å². The van der Waals surface area contributed by atoms with Gasteiger partial charge in [0.15, 0.2) is 0 Å². The van der Waals surface area contributed by atoms with Crippen molar-refractivity contribution in [2.45, 2.75) is 6.92 Å². The van der Waals surface area contributed by atoms with Gasteiger partial charge in [0, 0.05) is 6.92 Å². The van der Waals surface area contributed by atoms with Crippen LogP contribution in [0.3, 0.4) is 0 Å². The van der Waals surface area contributed by atoms with Gasteiger partial charge < -0.3 is 0 Å². The van der Waals surface area contributed by atoms with Gasteiger partial charge in [-0.05, 0) is 0 Å². The molecule has 0 atom stereocenters. The first kappa shape index (κ1) is 8.71. The predicted octanol–water partition coefficient (Wildman–Crippen LogP) is -0.351. The zero-order chi connectivity index (χ0) is 7.49. The average Bonchev–Trinajstić information content (AvgIpc) is 1.63. The van der Waals surface area contributed by atoms with Crippen molar-refractivity contribution in [1.82, 2.24) is 4.72 Å². The third kappa shape index (κ3) is 4.23. The van der Waals surface area contributed by atoms with Gasteiger partial charge in [0.25, 0.3) is 0 Å². The van der Waals surface area contributed by atoms with Crippen molar-refractivity contribution in [3.8, 4) is 0 Å². The summed E-state index contributed by atoms with van der Waals surface area (Å²) in [6, 6.07) is 0. The van der Waals surface area contributed by atoms with E-state index in [1.807, 2.05) is 0 Å². The van der Waals surface area contributed by atoms with Crippen LogP contribution in [-0.4, -0.2) is 19.5 Å². The van der Waals surface area contributed by atoms with Crippen LogP contribution in [-0.2, 0) is 14.8 Å². The Morgan fingerprint density at radius 1 is 1.67 bits per heavy atom. The molecule has 1 amide bonds. The lowest BCUT2D eigenvalue weighted by atomic mass is 10.8. The van der Waals surface area contributed by atoms with E-state index < -0.39 is 21.1 Å². The molecule has 1 N–H and O–H groups in total. The minimum Gasteiger partial charge on any atom is -0.274 e. The van der Waals surface area contributed by atoms with Gasteiger partial charge in [-0.3, -0.25) is 9.52 Å². The Bertz CT molecular complexity index is 197. The Kier molecular flexibility index (Phi) is 2.93. The van der Waals surface area contributed by atoms with E-state index in [2.05, 4.69) is 0 Å². The molecule has 54 valence electrons. The highest BCUT2D eigenvalue weighted by molar-refractivity contribution is 7.91. The van der Waals surface area contributed by atoms with Crippen LogP contribution in [0.4, 0.5) is 0 Å². The number of carbonyl (C=O) groups is 1. The number of hydrogen-bond donors (Lipinski definition) is 1. The summed E-state index contributed by atoms with van der Waals surface area (Å²) in [6.45, 7) is 1.10. The standard InChI is InChI=1S/C3H6ClNO3S/c1-3(6)5-9(7,8)2-4/h2H2,1H3,(H,5,6). The Hall–Kier alpha value is -0.290. The van der Waals surface area contributed by atoms with E-state index in [9.17, 15) is 13.2 Å². The average molecular weight is 172 g/mol. The molecule has 0 saturated carbocycles. The molecule has 4 nitrogen and oxygen atoms in total. The summed E-state index contributed by atoms with van der Waals surface area (Å²) in [5.74, 6) is -0.629. The van der Waals surface area contributed by atoms with Crippen molar-refractivity contribution in [3.05, 3.63) is 0 Å². The number of nitrogens with one attached hydrogen (secondary N) is 1. The highest BCUT2D eigenvalue weighted by Crippen LogP contribution is 1.86. The molecule has 0 heterocycles. The maximum absolute atomic E-state index is 10.3. The lowest BCUT2D eigenvalue weighted by Gasteiger charge is -1.96. The fourth-order valence-electron chi connectivity index (χ4n) is 0.246. The summed E-state index contributed by atoms with van der Waals surface area (Å²) < 4.78 is 22.4. The summed E-state index contributed by atoms with van der Waals surface area (Å²) in [6.07, 6.45) is 0. The van der Waals surface area contributed by atoms with Crippen molar-refractivity contribution in [2.75, 3.05) is 5.21 Å². The molecule has 0 unspecified atom stereocenters. The molecule has 0 rings (SSSR count). The normalized spacial score (nSPS) is 10.9. The summed E-state index contributed by atoms with van der Waals surface area (Å²) >= 11 is 4.93. The highest BCUT2D eigenvalue weighted by atomic mass is 35.5. The summed E-state index contributed by atoms with van der Waals surface area (Å²) in [5, 5.41) is -0.591. The molecule has 0 aromatic carbocycles. The van der Waals surface area contributed by atoms with Crippen molar-refractivity contribution >= 4 is 27.5 Å². The summed E-state index contributed by atoms with van der Waals surface area (Å²) in [5.41, 5.74) is 0. The van der Waals surface area contributed by atoms with E-state index in [1.54, 1.807) is 4.72 Å². The van der Waals surface area contributed by atoms with Crippen molar-refractivity contribution in [1.29, 1.82) is 0 Å². The number of hydrogen-bond acceptors (Lipinski definition) is 3. The Morgan fingerprint density at radius 2 is 2.11 bits per heavy atom. The summed E-state index contributed by atoms with van der Waals surface area (Å²) in [7, 11) is -3.55. The summed E-state index contributed by atoms with van der Waals surface area (Å²) in [4.78, 5) is 10.1. The molecular weight excluding hydrogens is 166 g/mol. The number of sulfonamides is 1. The van der Waals surface area contributed by atoms with Gasteiger partial charge in [0.1, 0.15) is 5.21 Å². The first-order valence-corrected chi connectivity index (χ1v) is 4.23. The minimum absolute atomic E-state index is 0.591. The molecular formula is C3H6ClNO3S. The monoisotopic (exact) mass is 171 g/mol. The van der Waals surface area contributed by atoms with E-state index in [0.717, 1.165) is 6.92 Å². The zero-order valence-electron chi connectivity index (χ0n) is 4.72. The van der Waals surface area contributed by atoms with Crippen molar-refractivity contribution in [2.24, 2.45) is 0 Å². The SMILES string of the molecule is CC(=O)NS(=O)(=O)CCl. The minimum atomic E-state index is -3.55. The maximum atomic E-state index is 10.3. The third-order valence-corrected chi connectivity index (χ3v) is 2.19. The van der Waals surface area contributed by atoms with E-state index in [0.29, 0.717) is 0 Å². The van der Waals surface area contributed by atoms with E-state index in [1.165, 1.54) is 0 Å². The van der Waals surface area contributed by atoms with Crippen LogP contribution >= 0.6 is 11.6 Å². The number of alkyl halides is 1. The maximum Gasteiger partial charge on any atom is 0.248 e. The van der Waals surface area contributed by atoms with Crippen molar-refractivity contribution in [3.63, 3.8) is 0 Å². The quantitative estimate of drug-likeness (QED) is 0.578. The van der Waals surface area contributed by atoms with Gasteiger partial charge in [-0.2, -0.15) is 0 Å². The van der Waals surface area contributed by atoms with Gasteiger partial charge in [0.2, 0.25) is 15.9 Å². The lowest BCUT2D eigenvalue weighted by molar-refractivity contribution is -0.117. The second-order valence-electron chi connectivity index (χ2n) is 1.38. The molecule has 0 aromatic rings. The molecule has 0 aliphatic rings. The molecule has 0 saturated heterocycles. The molecule has 0 aromatic heterocycles. The molecule has 0 fully saturated rings. The highest BCUT2D eigenvalue weighted by Gasteiger charge is 2.07. The molecule has 9 heavy (non-hydrogen) atoms. The molecule has 0 bridgehead atoms. The fourth-order valence-corrected chi connectivity index (χ4v) is 0.902. The van der Waals surface area contributed by atoms with Crippen LogP contribution in [0.5, 0.6) is 0 Å². The van der Waals surface area contributed by atoms with Crippen LogP contribution in [0, 0.1) is 0 Å². The van der Waals surface area contributed by atoms with Gasteiger partial charge in [0.05, 0.1) is 0 Å². The molecule has 0 radical (unpaired) electrons. The first-order chi connectivity index (χ1) is 3.98. The van der Waals surface area contributed by atoms with E-state index >= 15 is 0 Å². The smallest absolute Gasteiger partial charge is 0.248 e. The second-order valence-corrected chi connectivity index (χ2v) is 3.69. The van der Waals surface area contributed by atoms with Crippen LogP contribution in [0.25, 0.3) is 0 Å². The Labute approximate surface area is 58.2 Å². The number of carbonyl (C=O) groups excluding carboxylic acids is 1. The van der Waals surface area contributed by atoms with Gasteiger partial charge >= 0.3 is 0 Å². The number of halogens is 1. The topological polar surface area (TPSA) is 63.2 Å².